The van der Waals surface area contributed by atoms with Gasteiger partial charge in [0.15, 0.2) is 4.96 Å². The molecule has 0 aromatic carbocycles. The van der Waals surface area contributed by atoms with Crippen LogP contribution < -0.4 is 0 Å². The van der Waals surface area contributed by atoms with Gasteiger partial charge in [0, 0.05) is 31.3 Å². The summed E-state index contributed by atoms with van der Waals surface area (Å²) in [6, 6.07) is 1.95. The summed E-state index contributed by atoms with van der Waals surface area (Å²) in [5, 5.41) is 11.2. The lowest BCUT2D eigenvalue weighted by molar-refractivity contribution is 0.0655. The van der Waals surface area contributed by atoms with Crippen LogP contribution in [-0.2, 0) is 0 Å². The molecule has 110 valence electrons. The average molecular weight is 321 g/mol. The molecule has 0 spiro atoms. The second-order valence-electron chi connectivity index (χ2n) is 5.39. The molecule has 4 rings (SSSR count). The number of aliphatic hydroxyl groups excluding tert-OH is 1. The average Bonchev–Trinajstić information content (AvgIpc) is 3.18. The molecule has 1 aliphatic rings. The third-order valence-electron chi connectivity index (χ3n) is 4.11. The molecule has 1 saturated heterocycles. The topological polar surface area (TPSA) is 57.8 Å². The Hall–Kier alpha value is -1.44. The number of aromatic nitrogens is 2. The molecule has 3 aromatic heterocycles. The minimum absolute atomic E-state index is 0.0957. The first-order valence-corrected chi connectivity index (χ1v) is 8.71. The van der Waals surface area contributed by atoms with Gasteiger partial charge in [-0.25, -0.2) is 4.98 Å². The zero-order valence-corrected chi connectivity index (χ0v) is 13.0. The van der Waals surface area contributed by atoms with Crippen molar-refractivity contribution in [1.82, 2.24) is 14.3 Å². The molecule has 7 heteroatoms. The highest BCUT2D eigenvalue weighted by atomic mass is 32.1. The molecular formula is C14H15N3O2S2. The van der Waals surface area contributed by atoms with Crippen molar-refractivity contribution in [3.05, 3.63) is 22.5 Å². The molecule has 5 nitrogen and oxygen atoms in total. The molecule has 21 heavy (non-hydrogen) atoms. The Morgan fingerprint density at radius 3 is 3.00 bits per heavy atom. The van der Waals surface area contributed by atoms with Crippen molar-refractivity contribution in [2.45, 2.75) is 12.8 Å². The monoisotopic (exact) mass is 321 g/mol. The fourth-order valence-corrected chi connectivity index (χ4v) is 4.60. The number of imidazole rings is 1. The van der Waals surface area contributed by atoms with Crippen LogP contribution in [-0.4, -0.2) is 45.0 Å². The lowest BCUT2D eigenvalue weighted by Gasteiger charge is -2.30. The van der Waals surface area contributed by atoms with Crippen molar-refractivity contribution in [3.8, 4) is 0 Å². The van der Waals surface area contributed by atoms with Crippen LogP contribution in [0, 0.1) is 5.92 Å². The second kappa shape index (κ2) is 5.08. The highest BCUT2D eigenvalue weighted by Gasteiger charge is 2.25. The SMILES string of the molecule is O=C(c1cc2c(nc3sccn32)s1)N1CCC(CO)CC1. The van der Waals surface area contributed by atoms with Gasteiger partial charge in [-0.2, -0.15) is 0 Å². The number of fused-ring (bicyclic) bond motifs is 3. The Bertz CT molecular complexity index is 796. The molecule has 0 bridgehead atoms. The first-order chi connectivity index (χ1) is 10.3. The van der Waals surface area contributed by atoms with Crippen LogP contribution in [0.15, 0.2) is 17.6 Å². The van der Waals surface area contributed by atoms with E-state index in [1.54, 1.807) is 11.3 Å². The van der Waals surface area contributed by atoms with Gasteiger partial charge in [0.2, 0.25) is 0 Å². The zero-order valence-electron chi connectivity index (χ0n) is 11.4. The Morgan fingerprint density at radius 2 is 2.24 bits per heavy atom. The molecule has 3 aromatic rings. The van der Waals surface area contributed by atoms with E-state index in [4.69, 9.17) is 5.11 Å². The molecule has 0 radical (unpaired) electrons. The molecule has 1 fully saturated rings. The van der Waals surface area contributed by atoms with Crippen molar-refractivity contribution < 1.29 is 9.90 Å². The minimum Gasteiger partial charge on any atom is -0.396 e. The standard InChI is InChI=1S/C14H15N3O2S2/c18-8-9-1-3-16(4-2-9)13(19)11-7-10-12(21-11)15-14-17(10)5-6-20-14/h5-7,9,18H,1-4,8H2. The predicted molar refractivity (Wildman–Crippen MR) is 84.2 cm³/mol. The minimum atomic E-state index is 0.0957. The van der Waals surface area contributed by atoms with Gasteiger partial charge in [0.05, 0.1) is 10.4 Å². The van der Waals surface area contributed by atoms with Gasteiger partial charge in [-0.3, -0.25) is 9.20 Å². The molecule has 1 N–H and O–H groups in total. The van der Waals surface area contributed by atoms with Crippen molar-refractivity contribution in [3.63, 3.8) is 0 Å². The third kappa shape index (κ3) is 2.16. The number of hydrogen-bond acceptors (Lipinski definition) is 5. The number of thiophene rings is 1. The van der Waals surface area contributed by atoms with Gasteiger partial charge in [-0.1, -0.05) is 0 Å². The van der Waals surface area contributed by atoms with Gasteiger partial charge in [0.1, 0.15) is 4.83 Å². The molecule has 0 unspecified atom stereocenters. The van der Waals surface area contributed by atoms with Gasteiger partial charge < -0.3 is 10.0 Å². The Kier molecular flexibility index (Phi) is 3.20. The van der Waals surface area contributed by atoms with Crippen molar-refractivity contribution in [2.24, 2.45) is 5.92 Å². The fourth-order valence-electron chi connectivity index (χ4n) is 2.83. The van der Waals surface area contributed by atoms with Gasteiger partial charge in [-0.15, -0.1) is 22.7 Å². The third-order valence-corrected chi connectivity index (χ3v) is 5.87. The van der Waals surface area contributed by atoms with Crippen LogP contribution >= 0.6 is 22.7 Å². The van der Waals surface area contributed by atoms with Crippen LogP contribution in [0.5, 0.6) is 0 Å². The molecule has 0 saturated carbocycles. The number of piperidine rings is 1. The van der Waals surface area contributed by atoms with Gasteiger partial charge in [-0.05, 0) is 24.8 Å². The molecule has 0 aliphatic carbocycles. The first kappa shape index (κ1) is 13.2. The summed E-state index contributed by atoms with van der Waals surface area (Å²) in [6.45, 7) is 1.70. The Labute approximate surface area is 129 Å². The van der Waals surface area contributed by atoms with E-state index in [1.807, 2.05) is 26.9 Å². The maximum absolute atomic E-state index is 12.6. The largest absolute Gasteiger partial charge is 0.396 e. The molecule has 1 amide bonds. The van der Waals surface area contributed by atoms with E-state index in [0.717, 1.165) is 46.1 Å². The maximum atomic E-state index is 12.6. The van der Waals surface area contributed by atoms with Crippen LogP contribution in [0.3, 0.4) is 0 Å². The lowest BCUT2D eigenvalue weighted by atomic mass is 9.98. The van der Waals surface area contributed by atoms with E-state index in [9.17, 15) is 4.79 Å². The van der Waals surface area contributed by atoms with Crippen molar-refractivity contribution >= 4 is 43.9 Å². The second-order valence-corrected chi connectivity index (χ2v) is 7.29. The van der Waals surface area contributed by atoms with Crippen LogP contribution in [0.1, 0.15) is 22.5 Å². The van der Waals surface area contributed by atoms with Crippen LogP contribution in [0.25, 0.3) is 15.3 Å². The number of aliphatic hydroxyl groups is 1. The van der Waals surface area contributed by atoms with E-state index < -0.39 is 0 Å². The predicted octanol–water partition coefficient (Wildman–Crippen LogP) is 2.46. The molecule has 4 heterocycles. The summed E-state index contributed by atoms with van der Waals surface area (Å²) in [5.41, 5.74) is 1.02. The summed E-state index contributed by atoms with van der Waals surface area (Å²) in [4.78, 5) is 21.7. The summed E-state index contributed by atoms with van der Waals surface area (Å²) >= 11 is 3.07. The Morgan fingerprint density at radius 1 is 1.43 bits per heavy atom. The van der Waals surface area contributed by atoms with E-state index in [-0.39, 0.29) is 12.5 Å². The van der Waals surface area contributed by atoms with Crippen LogP contribution in [0.2, 0.25) is 0 Å². The number of amides is 1. The number of thiazole rings is 1. The lowest BCUT2D eigenvalue weighted by Crippen LogP contribution is -2.38. The summed E-state index contributed by atoms with van der Waals surface area (Å²) in [7, 11) is 0. The highest BCUT2D eigenvalue weighted by Crippen LogP contribution is 2.29. The number of carbonyl (C=O) groups is 1. The highest BCUT2D eigenvalue weighted by molar-refractivity contribution is 7.21. The molecule has 1 aliphatic heterocycles. The summed E-state index contributed by atoms with van der Waals surface area (Å²) in [6.07, 6.45) is 3.77. The zero-order chi connectivity index (χ0) is 14.4. The van der Waals surface area contributed by atoms with Gasteiger partial charge >= 0.3 is 0 Å². The van der Waals surface area contributed by atoms with E-state index in [1.165, 1.54) is 11.3 Å². The Balaban J connectivity index is 1.60. The summed E-state index contributed by atoms with van der Waals surface area (Å²) < 4.78 is 2.03. The fraction of sp³-hybridized carbons (Fsp3) is 0.429. The molecular weight excluding hydrogens is 306 g/mol. The number of carbonyl (C=O) groups excluding carboxylic acids is 1. The normalized spacial score (nSPS) is 17.1. The smallest absolute Gasteiger partial charge is 0.264 e. The first-order valence-electron chi connectivity index (χ1n) is 7.01. The van der Waals surface area contributed by atoms with Crippen molar-refractivity contribution in [2.75, 3.05) is 19.7 Å². The number of hydrogen-bond donors (Lipinski definition) is 1. The van der Waals surface area contributed by atoms with E-state index in [0.29, 0.717) is 5.92 Å². The van der Waals surface area contributed by atoms with Gasteiger partial charge in [0.25, 0.3) is 5.91 Å². The number of likely N-dealkylation sites (tertiary alicyclic amines) is 1. The maximum Gasteiger partial charge on any atom is 0.264 e. The van der Waals surface area contributed by atoms with E-state index in [2.05, 4.69) is 4.98 Å². The van der Waals surface area contributed by atoms with E-state index >= 15 is 0 Å². The number of nitrogens with zero attached hydrogens (tertiary/aromatic N) is 3. The molecule has 0 atom stereocenters. The summed E-state index contributed by atoms with van der Waals surface area (Å²) in [5.74, 6) is 0.444. The van der Waals surface area contributed by atoms with Crippen LogP contribution in [0.4, 0.5) is 0 Å². The van der Waals surface area contributed by atoms with Crippen molar-refractivity contribution in [1.29, 1.82) is 0 Å². The quantitative estimate of drug-likeness (QED) is 0.789. The number of rotatable bonds is 2.